The molecule has 1 aromatic heterocycles. The fourth-order valence-corrected chi connectivity index (χ4v) is 1.48. The molecule has 0 spiro atoms. The highest BCUT2D eigenvalue weighted by atomic mass is 16.5. The van der Waals surface area contributed by atoms with Crippen molar-refractivity contribution in [1.29, 1.82) is 0 Å². The first kappa shape index (κ1) is 13.5. The van der Waals surface area contributed by atoms with Crippen LogP contribution < -0.4 is 15.4 Å². The van der Waals surface area contributed by atoms with Crippen molar-refractivity contribution < 1.29 is 9.84 Å². The first-order valence-corrected chi connectivity index (χ1v) is 5.67. The third-order valence-corrected chi connectivity index (χ3v) is 2.34. The highest BCUT2D eigenvalue weighted by Crippen LogP contribution is 2.28. The van der Waals surface area contributed by atoms with E-state index in [2.05, 4.69) is 20.6 Å². The van der Waals surface area contributed by atoms with Crippen LogP contribution in [-0.4, -0.2) is 41.9 Å². The number of nitrogens with zero attached hydrogens (tertiary/aromatic N) is 2. The molecule has 0 amide bonds. The molecule has 0 bridgehead atoms. The quantitative estimate of drug-likeness (QED) is 0.619. The van der Waals surface area contributed by atoms with Gasteiger partial charge in [0.25, 0.3) is 0 Å². The van der Waals surface area contributed by atoms with Crippen LogP contribution >= 0.6 is 0 Å². The fourth-order valence-electron chi connectivity index (χ4n) is 1.48. The highest BCUT2D eigenvalue weighted by molar-refractivity contribution is 5.63. The van der Waals surface area contributed by atoms with Crippen molar-refractivity contribution in [3.63, 3.8) is 0 Å². The summed E-state index contributed by atoms with van der Waals surface area (Å²) in [5, 5.41) is 15.3. The molecule has 6 heteroatoms. The lowest BCUT2D eigenvalue weighted by atomic mass is 10.2. The Balaban J connectivity index is 2.58. The maximum Gasteiger partial charge on any atom is 0.204 e. The van der Waals surface area contributed by atoms with Crippen LogP contribution in [-0.2, 0) is 0 Å². The summed E-state index contributed by atoms with van der Waals surface area (Å²) in [6.07, 6.45) is 2.85. The molecule has 0 saturated heterocycles. The van der Waals surface area contributed by atoms with E-state index in [1.54, 1.807) is 21.1 Å². The smallest absolute Gasteiger partial charge is 0.204 e. The maximum atomic E-state index is 9.14. The predicted molar refractivity (Wildman–Crippen MR) is 67.5 cm³/mol. The molecule has 1 aromatic rings. The first-order valence-electron chi connectivity index (χ1n) is 5.67. The molecule has 0 aliphatic carbocycles. The topological polar surface area (TPSA) is 79.3 Å². The molecule has 3 N–H and O–H groups in total. The summed E-state index contributed by atoms with van der Waals surface area (Å²) in [6.45, 7) is 2.52. The maximum absolute atomic E-state index is 9.14. The lowest BCUT2D eigenvalue weighted by Gasteiger charge is -2.12. The summed E-state index contributed by atoms with van der Waals surface area (Å²) in [4.78, 5) is 8.18. The minimum absolute atomic E-state index is 0.267. The molecular weight excluding hydrogens is 220 g/mol. The average molecular weight is 240 g/mol. The van der Waals surface area contributed by atoms with Gasteiger partial charge in [-0.05, 0) is 19.8 Å². The second-order valence-electron chi connectivity index (χ2n) is 3.77. The fraction of sp³-hybridized carbons (Fsp3) is 0.636. The van der Waals surface area contributed by atoms with Crippen molar-refractivity contribution in [1.82, 2.24) is 9.97 Å². The van der Waals surface area contributed by atoms with Gasteiger partial charge in [-0.2, -0.15) is 0 Å². The van der Waals surface area contributed by atoms with Gasteiger partial charge in [0, 0.05) is 13.6 Å². The number of rotatable bonds is 7. The number of aliphatic hydroxyl groups excluding tert-OH is 1. The van der Waals surface area contributed by atoms with Gasteiger partial charge in [0.1, 0.15) is 6.33 Å². The number of methoxy groups -OCH3 is 1. The molecule has 0 aliphatic heterocycles. The molecule has 0 aliphatic rings. The van der Waals surface area contributed by atoms with Gasteiger partial charge in [-0.1, -0.05) is 0 Å². The van der Waals surface area contributed by atoms with E-state index in [0.717, 1.165) is 19.4 Å². The van der Waals surface area contributed by atoms with Crippen molar-refractivity contribution in [2.24, 2.45) is 0 Å². The molecular formula is C11H20N4O2. The minimum atomic E-state index is -0.267. The summed E-state index contributed by atoms with van der Waals surface area (Å²) in [5.74, 6) is 1.92. The van der Waals surface area contributed by atoms with E-state index >= 15 is 0 Å². The van der Waals surface area contributed by atoms with Gasteiger partial charge in [-0.15, -0.1) is 0 Å². The summed E-state index contributed by atoms with van der Waals surface area (Å²) in [7, 11) is 3.36. The largest absolute Gasteiger partial charge is 0.490 e. The highest BCUT2D eigenvalue weighted by Gasteiger charge is 2.10. The van der Waals surface area contributed by atoms with Gasteiger partial charge in [0.2, 0.25) is 5.75 Å². The van der Waals surface area contributed by atoms with Gasteiger partial charge < -0.3 is 20.5 Å². The molecule has 1 heterocycles. The number of aromatic nitrogens is 2. The van der Waals surface area contributed by atoms with Crippen LogP contribution in [0.4, 0.5) is 11.6 Å². The molecule has 1 atom stereocenters. The number of hydrogen-bond acceptors (Lipinski definition) is 6. The normalized spacial score (nSPS) is 12.0. The van der Waals surface area contributed by atoms with E-state index in [1.807, 2.05) is 0 Å². The van der Waals surface area contributed by atoms with Gasteiger partial charge in [0.05, 0.1) is 13.2 Å². The SMILES string of the molecule is CNc1ncnc(NCCCC(C)O)c1OC. The van der Waals surface area contributed by atoms with Crippen LogP contribution in [0.25, 0.3) is 0 Å². The lowest BCUT2D eigenvalue weighted by molar-refractivity contribution is 0.183. The van der Waals surface area contributed by atoms with Crippen LogP contribution in [0.1, 0.15) is 19.8 Å². The molecule has 0 aromatic carbocycles. The zero-order valence-electron chi connectivity index (χ0n) is 10.5. The lowest BCUT2D eigenvalue weighted by Crippen LogP contribution is -2.09. The van der Waals surface area contributed by atoms with Gasteiger partial charge >= 0.3 is 0 Å². The molecule has 0 radical (unpaired) electrons. The van der Waals surface area contributed by atoms with Crippen LogP contribution in [0, 0.1) is 0 Å². The summed E-state index contributed by atoms with van der Waals surface area (Å²) >= 11 is 0. The van der Waals surface area contributed by atoms with Crippen LogP contribution in [0.15, 0.2) is 6.33 Å². The Bertz CT molecular complexity index is 344. The second-order valence-corrected chi connectivity index (χ2v) is 3.77. The van der Waals surface area contributed by atoms with Crippen molar-refractivity contribution in [2.45, 2.75) is 25.9 Å². The Kier molecular flexibility index (Phi) is 5.48. The van der Waals surface area contributed by atoms with Gasteiger partial charge in [-0.25, -0.2) is 9.97 Å². The van der Waals surface area contributed by atoms with E-state index in [9.17, 15) is 0 Å². The summed E-state index contributed by atoms with van der Waals surface area (Å²) in [6, 6.07) is 0. The Hall–Kier alpha value is -1.56. The van der Waals surface area contributed by atoms with Crippen molar-refractivity contribution in [3.8, 4) is 5.75 Å². The van der Waals surface area contributed by atoms with E-state index in [0.29, 0.717) is 17.4 Å². The Morgan fingerprint density at radius 2 is 2.12 bits per heavy atom. The van der Waals surface area contributed by atoms with Gasteiger partial charge in [-0.3, -0.25) is 0 Å². The standard InChI is InChI=1S/C11H20N4O2/c1-8(16)5-4-6-13-11-9(17-3)10(12-2)14-7-15-11/h7-8,16H,4-6H2,1-3H3,(H2,12,13,14,15). The minimum Gasteiger partial charge on any atom is -0.490 e. The zero-order valence-corrected chi connectivity index (χ0v) is 10.5. The van der Waals surface area contributed by atoms with E-state index < -0.39 is 0 Å². The second kappa shape index (κ2) is 6.90. The molecule has 6 nitrogen and oxygen atoms in total. The Labute approximate surface area is 101 Å². The zero-order chi connectivity index (χ0) is 12.7. The Morgan fingerprint density at radius 1 is 1.41 bits per heavy atom. The molecule has 96 valence electrons. The number of anilines is 2. The Morgan fingerprint density at radius 3 is 2.71 bits per heavy atom. The summed E-state index contributed by atoms with van der Waals surface area (Å²) < 4.78 is 5.25. The molecule has 17 heavy (non-hydrogen) atoms. The van der Waals surface area contributed by atoms with Crippen molar-refractivity contribution in [2.75, 3.05) is 31.3 Å². The average Bonchev–Trinajstić information content (AvgIpc) is 2.33. The van der Waals surface area contributed by atoms with Crippen LogP contribution in [0.3, 0.4) is 0 Å². The molecule has 1 unspecified atom stereocenters. The third-order valence-electron chi connectivity index (χ3n) is 2.34. The van der Waals surface area contributed by atoms with Crippen molar-refractivity contribution in [3.05, 3.63) is 6.33 Å². The molecule has 0 saturated carbocycles. The number of ether oxygens (including phenoxy) is 1. The number of aliphatic hydroxyl groups is 1. The third kappa shape index (κ3) is 4.07. The van der Waals surface area contributed by atoms with Crippen LogP contribution in [0.5, 0.6) is 5.75 Å². The summed E-state index contributed by atoms with van der Waals surface area (Å²) in [5.41, 5.74) is 0. The molecule has 1 rings (SSSR count). The van der Waals surface area contributed by atoms with E-state index in [1.165, 1.54) is 6.33 Å². The van der Waals surface area contributed by atoms with E-state index in [4.69, 9.17) is 9.84 Å². The number of hydrogen-bond donors (Lipinski definition) is 3. The molecule has 0 fully saturated rings. The number of nitrogens with one attached hydrogen (secondary N) is 2. The van der Waals surface area contributed by atoms with Gasteiger partial charge in [0.15, 0.2) is 11.6 Å². The van der Waals surface area contributed by atoms with Crippen LogP contribution in [0.2, 0.25) is 0 Å². The van der Waals surface area contributed by atoms with E-state index in [-0.39, 0.29) is 6.10 Å². The van der Waals surface area contributed by atoms with Crippen molar-refractivity contribution >= 4 is 11.6 Å². The first-order chi connectivity index (χ1) is 8.19. The predicted octanol–water partition coefficient (Wildman–Crippen LogP) is 1.10. The monoisotopic (exact) mass is 240 g/mol.